The van der Waals surface area contributed by atoms with Crippen LogP contribution in [0.2, 0.25) is 0 Å². The first-order chi connectivity index (χ1) is 8.77. The average molecular weight is 273 g/mol. The minimum absolute atomic E-state index is 0.141. The van der Waals surface area contributed by atoms with Crippen LogP contribution in [0.4, 0.5) is 8.78 Å². The molecule has 0 aromatic carbocycles. The molecule has 0 unspecified atom stereocenters. The number of halogens is 2. The third-order valence-corrected chi connectivity index (χ3v) is 3.66. The van der Waals surface area contributed by atoms with E-state index in [1.165, 1.54) is 17.9 Å². The first-order valence-electron chi connectivity index (χ1n) is 6.07. The number of carbonyl (C=O) groups is 1. The van der Waals surface area contributed by atoms with Crippen molar-refractivity contribution in [1.29, 1.82) is 0 Å². The summed E-state index contributed by atoms with van der Waals surface area (Å²) < 4.78 is 32.5. The van der Waals surface area contributed by atoms with Crippen molar-refractivity contribution in [3.05, 3.63) is 17.5 Å². The van der Waals surface area contributed by atoms with E-state index in [2.05, 4.69) is 9.84 Å². The van der Waals surface area contributed by atoms with Crippen molar-refractivity contribution in [1.82, 2.24) is 9.78 Å². The molecule has 1 aliphatic carbocycles. The summed E-state index contributed by atoms with van der Waals surface area (Å²) in [4.78, 5) is 11.4. The largest absolute Gasteiger partial charge is 0.464 e. The number of aryl methyl sites for hydroxylation is 1. The summed E-state index contributed by atoms with van der Waals surface area (Å²) in [5.41, 5.74) is 6.07. The molecule has 0 aliphatic heterocycles. The molecule has 1 saturated carbocycles. The van der Waals surface area contributed by atoms with E-state index in [4.69, 9.17) is 5.73 Å². The lowest BCUT2D eigenvalue weighted by Crippen LogP contribution is -2.44. The predicted molar refractivity (Wildman–Crippen MR) is 63.8 cm³/mol. The van der Waals surface area contributed by atoms with Crippen LogP contribution in [0.1, 0.15) is 41.9 Å². The molecular weight excluding hydrogens is 256 g/mol. The van der Waals surface area contributed by atoms with Crippen molar-refractivity contribution in [2.75, 3.05) is 7.11 Å². The number of esters is 1. The maximum absolute atomic E-state index is 13.2. The van der Waals surface area contributed by atoms with Crippen LogP contribution in [0.15, 0.2) is 6.07 Å². The average Bonchev–Trinajstić information content (AvgIpc) is 2.75. The molecule has 1 fully saturated rings. The number of hydrogen-bond acceptors (Lipinski definition) is 4. The number of nitrogens with zero attached hydrogens (tertiary/aromatic N) is 2. The smallest absolute Gasteiger partial charge is 0.358 e. The van der Waals surface area contributed by atoms with Crippen molar-refractivity contribution < 1.29 is 18.3 Å². The van der Waals surface area contributed by atoms with Gasteiger partial charge in [0.05, 0.1) is 18.3 Å². The van der Waals surface area contributed by atoms with Gasteiger partial charge >= 0.3 is 5.97 Å². The van der Waals surface area contributed by atoms with Crippen molar-refractivity contribution in [3.63, 3.8) is 0 Å². The summed E-state index contributed by atoms with van der Waals surface area (Å²) in [6, 6.07) is 1.52. The molecular formula is C12H17F2N3O2. The zero-order chi connectivity index (χ0) is 14.3. The van der Waals surface area contributed by atoms with Gasteiger partial charge < -0.3 is 10.5 Å². The Hall–Kier alpha value is -1.50. The van der Waals surface area contributed by atoms with Gasteiger partial charge in [0.15, 0.2) is 5.69 Å². The first-order valence-corrected chi connectivity index (χ1v) is 6.07. The summed E-state index contributed by atoms with van der Waals surface area (Å²) >= 11 is 0. The molecule has 1 heterocycles. The highest BCUT2D eigenvalue weighted by Crippen LogP contribution is 2.42. The molecule has 19 heavy (non-hydrogen) atoms. The standard InChI is InChI=1S/C12H17F2N3O2/c1-17-9(7-8(16-17)10(18)19-2)11(15)3-5-12(13,14)6-4-11/h7H,3-6,15H2,1-2H3. The summed E-state index contributed by atoms with van der Waals surface area (Å²) in [5, 5.41) is 4.01. The number of methoxy groups -OCH3 is 1. The lowest BCUT2D eigenvalue weighted by molar-refractivity contribution is -0.0523. The molecule has 0 bridgehead atoms. The van der Waals surface area contributed by atoms with Crippen LogP contribution in [-0.4, -0.2) is 28.8 Å². The van der Waals surface area contributed by atoms with Crippen molar-refractivity contribution in [3.8, 4) is 0 Å². The van der Waals surface area contributed by atoms with E-state index in [9.17, 15) is 13.6 Å². The predicted octanol–water partition coefficient (Wildman–Crippen LogP) is 1.57. The molecule has 7 heteroatoms. The highest BCUT2D eigenvalue weighted by atomic mass is 19.3. The van der Waals surface area contributed by atoms with Gasteiger partial charge in [-0.1, -0.05) is 0 Å². The first kappa shape index (κ1) is 13.9. The summed E-state index contributed by atoms with van der Waals surface area (Å²) in [7, 11) is 2.90. The van der Waals surface area contributed by atoms with Crippen molar-refractivity contribution >= 4 is 5.97 Å². The maximum Gasteiger partial charge on any atom is 0.358 e. The zero-order valence-corrected chi connectivity index (χ0v) is 10.9. The Labute approximate surface area is 109 Å². The second-order valence-corrected chi connectivity index (χ2v) is 5.04. The van der Waals surface area contributed by atoms with Crippen molar-refractivity contribution in [2.45, 2.75) is 37.1 Å². The molecule has 1 aliphatic rings. The van der Waals surface area contributed by atoms with Crippen LogP contribution >= 0.6 is 0 Å². The van der Waals surface area contributed by atoms with Crippen LogP contribution < -0.4 is 5.73 Å². The monoisotopic (exact) mass is 273 g/mol. The third-order valence-electron chi connectivity index (χ3n) is 3.66. The molecule has 0 spiro atoms. The van der Waals surface area contributed by atoms with Gasteiger partial charge in [-0.05, 0) is 18.9 Å². The van der Waals surface area contributed by atoms with Crippen molar-refractivity contribution in [2.24, 2.45) is 12.8 Å². The fourth-order valence-corrected chi connectivity index (χ4v) is 2.46. The Morgan fingerprint density at radius 3 is 2.53 bits per heavy atom. The van der Waals surface area contributed by atoms with E-state index in [0.717, 1.165) is 0 Å². The van der Waals surface area contributed by atoms with E-state index < -0.39 is 17.4 Å². The quantitative estimate of drug-likeness (QED) is 0.830. The number of carbonyl (C=O) groups excluding carboxylic acids is 1. The third kappa shape index (κ3) is 2.60. The number of ether oxygens (including phenoxy) is 1. The molecule has 1 aromatic heterocycles. The Morgan fingerprint density at radius 2 is 2.00 bits per heavy atom. The van der Waals surface area contributed by atoms with Gasteiger partial charge in [-0.15, -0.1) is 0 Å². The van der Waals surface area contributed by atoms with Gasteiger partial charge in [0.2, 0.25) is 5.92 Å². The summed E-state index contributed by atoms with van der Waals surface area (Å²) in [6.07, 6.45) is -0.162. The van der Waals surface area contributed by atoms with Gasteiger partial charge in [0.1, 0.15) is 0 Å². The van der Waals surface area contributed by atoms with Gasteiger partial charge in [0, 0.05) is 19.9 Å². The SMILES string of the molecule is COC(=O)c1cc(C2(N)CCC(F)(F)CC2)n(C)n1. The number of aromatic nitrogens is 2. The van der Waals surface area contributed by atoms with E-state index >= 15 is 0 Å². The Balaban J connectivity index is 2.27. The number of alkyl halides is 2. The summed E-state index contributed by atoms with van der Waals surface area (Å²) in [5.74, 6) is -3.21. The molecule has 0 saturated heterocycles. The fraction of sp³-hybridized carbons (Fsp3) is 0.667. The normalized spacial score (nSPS) is 21.1. The van der Waals surface area contributed by atoms with Gasteiger partial charge in [0.25, 0.3) is 0 Å². The molecule has 106 valence electrons. The minimum atomic E-state index is -2.65. The molecule has 0 amide bonds. The van der Waals surface area contributed by atoms with Crippen LogP contribution in [0.3, 0.4) is 0 Å². The molecule has 2 N–H and O–H groups in total. The lowest BCUT2D eigenvalue weighted by atomic mass is 9.78. The minimum Gasteiger partial charge on any atom is -0.464 e. The molecule has 2 rings (SSSR count). The summed E-state index contributed by atoms with van der Waals surface area (Å²) in [6.45, 7) is 0. The second kappa shape index (κ2) is 4.56. The number of nitrogens with two attached hydrogens (primary N) is 1. The Bertz CT molecular complexity index is 489. The molecule has 0 atom stereocenters. The van der Waals surface area contributed by atoms with Gasteiger partial charge in [-0.25, -0.2) is 13.6 Å². The van der Waals surface area contributed by atoms with Gasteiger partial charge in [-0.2, -0.15) is 5.10 Å². The topological polar surface area (TPSA) is 70.1 Å². The fourth-order valence-electron chi connectivity index (χ4n) is 2.46. The van der Waals surface area contributed by atoms with E-state index in [1.54, 1.807) is 7.05 Å². The van der Waals surface area contributed by atoms with Gasteiger partial charge in [-0.3, -0.25) is 4.68 Å². The molecule has 1 aromatic rings. The van der Waals surface area contributed by atoms with Crippen LogP contribution in [-0.2, 0) is 17.3 Å². The zero-order valence-electron chi connectivity index (χ0n) is 10.9. The van der Waals surface area contributed by atoms with E-state index in [0.29, 0.717) is 5.69 Å². The Morgan fingerprint density at radius 1 is 1.42 bits per heavy atom. The number of hydrogen-bond donors (Lipinski definition) is 1. The highest BCUT2D eigenvalue weighted by molar-refractivity contribution is 5.87. The van der Waals surface area contributed by atoms with E-state index in [-0.39, 0.29) is 31.4 Å². The number of rotatable bonds is 2. The second-order valence-electron chi connectivity index (χ2n) is 5.04. The molecule has 5 nitrogen and oxygen atoms in total. The Kier molecular flexibility index (Phi) is 3.34. The lowest BCUT2D eigenvalue weighted by Gasteiger charge is -2.36. The van der Waals surface area contributed by atoms with Crippen LogP contribution in [0.5, 0.6) is 0 Å². The highest BCUT2D eigenvalue weighted by Gasteiger charge is 2.43. The van der Waals surface area contributed by atoms with Crippen LogP contribution in [0, 0.1) is 0 Å². The van der Waals surface area contributed by atoms with E-state index in [1.807, 2.05) is 0 Å². The van der Waals surface area contributed by atoms with Crippen LogP contribution in [0.25, 0.3) is 0 Å². The maximum atomic E-state index is 13.2. The molecule has 0 radical (unpaired) electrons.